The molecule has 2 saturated heterocycles. The average molecular weight is 1520 g/mol. The molecule has 0 aliphatic carbocycles. The van der Waals surface area contributed by atoms with Crippen LogP contribution in [0.15, 0.2) is 279 Å². The van der Waals surface area contributed by atoms with Gasteiger partial charge in [-0.1, -0.05) is 273 Å². The summed E-state index contributed by atoms with van der Waals surface area (Å²) in [5.74, 6) is 0.306. The van der Waals surface area contributed by atoms with Crippen LogP contribution in [0.5, 0.6) is 6.01 Å². The van der Waals surface area contributed by atoms with Crippen LogP contribution in [-0.2, 0) is 142 Å². The molecule has 13 rings (SSSR count). The zero-order valence-corrected chi connectivity index (χ0v) is 62.1. The first-order chi connectivity index (χ1) is 53.0. The van der Waals surface area contributed by atoms with Gasteiger partial charge in [0.25, 0.3) is 0 Å². The minimum absolute atomic E-state index is 0.0164. The number of aromatic nitrogens is 4. The van der Waals surface area contributed by atoms with Crippen molar-refractivity contribution in [2.45, 2.75) is 115 Å². The van der Waals surface area contributed by atoms with E-state index in [4.69, 9.17) is 83.8 Å². The Morgan fingerprint density at radius 2 is 0.704 bits per heavy atom. The number of nitrogens with zero attached hydrogens (tertiary/aromatic N) is 4. The topological polar surface area (TPSA) is 255 Å². The standard InChI is InChI=1S/C81H84N5O19P3/c1-82-77-71-78(85-81(84-77)90-2)86(59-83-71)79-75(105-108(89,98-55-67-44-26-10-27-45-67)99-56-68-46-28-11-29-47-68)72(69(100-79)57-91-48-60-30-12-3-13-31-60)102-80-76(93-50-62-34-16-5-17-35-62)74(104-107(88,96-53-65-40-22-8-23-41-65)97-54-66-42-24-9-25-43-66)73(70(101-80)58-92-49-61-32-14-4-15-33-61)103-106(87,94-51-63-36-18-6-19-37-63)95-52-64-38-20-7-21-39-64/h3-47,59,69-70,72-76,79-80H,48-58H2,1-2H3,(H,82,84,85)/t69-,70-,72-,73-,74+,75-,76-,79-,80-/m1/s1. The van der Waals surface area contributed by atoms with Crippen LogP contribution >= 0.6 is 23.5 Å². The normalized spacial score (nSPS) is 19.7. The number of methoxy groups -OCH3 is 1. The Hall–Kier alpha value is -8.78. The Balaban J connectivity index is 0.990. The van der Waals surface area contributed by atoms with Gasteiger partial charge in [-0.2, -0.15) is 9.97 Å². The molecule has 0 saturated carbocycles. The van der Waals surface area contributed by atoms with Gasteiger partial charge in [0.05, 0.1) is 86.1 Å². The molecule has 9 atom stereocenters. The molecule has 24 nitrogen and oxygen atoms in total. The summed E-state index contributed by atoms with van der Waals surface area (Å²) < 4.78 is 159. The summed E-state index contributed by atoms with van der Waals surface area (Å²) in [7, 11) is -11.8. The van der Waals surface area contributed by atoms with Crippen molar-refractivity contribution >= 4 is 40.4 Å². The largest absolute Gasteiger partial charge is 0.475 e. The molecule has 2 fully saturated rings. The van der Waals surface area contributed by atoms with Gasteiger partial charge in [-0.25, -0.2) is 18.7 Å². The summed E-state index contributed by atoms with van der Waals surface area (Å²) in [4.78, 5) is 14.1. The molecule has 4 heterocycles. The van der Waals surface area contributed by atoms with Gasteiger partial charge in [0.15, 0.2) is 29.5 Å². The van der Waals surface area contributed by atoms with E-state index >= 15 is 13.7 Å². The molecule has 11 aromatic rings. The SMILES string of the molecule is CNc1nc(OC)nc2c1ncn2[C@@H]1O[C@H](COCc2ccccc2)[C@@H](O[C@H]2O[C@H](COCc3ccccc3)[C@@H](OP(=O)(OCc3ccccc3)OCc3ccccc3)[C@H](OP(=O)(OCc3ccccc3)OCc3ccccc3)[C@H]2OCc2ccccc2)[C@H]1OP(=O)(OCc1ccccc1)OCc1ccccc1. The van der Waals surface area contributed by atoms with E-state index in [1.807, 2.05) is 224 Å². The number of ether oxygens (including phenoxy) is 7. The number of benzene rings is 9. The number of phosphoric acid groups is 3. The number of fused-ring (bicyclic) bond motifs is 1. The average Bonchev–Trinajstić information content (AvgIpc) is 1.55. The fourth-order valence-corrected chi connectivity index (χ4v) is 16.0. The van der Waals surface area contributed by atoms with E-state index in [1.54, 1.807) is 60.1 Å². The summed E-state index contributed by atoms with van der Waals surface area (Å²) in [6.07, 6.45) is -12.9. The molecular formula is C81H84N5O19P3. The van der Waals surface area contributed by atoms with Crippen LogP contribution in [0.1, 0.15) is 56.3 Å². The number of hydrogen-bond acceptors (Lipinski definition) is 23. The second-order valence-corrected chi connectivity index (χ2v) is 30.1. The van der Waals surface area contributed by atoms with Gasteiger partial charge in [0.1, 0.15) is 42.7 Å². The molecule has 2 aliphatic heterocycles. The lowest BCUT2D eigenvalue weighted by molar-refractivity contribution is -0.325. The highest BCUT2D eigenvalue weighted by atomic mass is 31.2. The van der Waals surface area contributed by atoms with E-state index in [-0.39, 0.29) is 84.3 Å². The van der Waals surface area contributed by atoms with E-state index in [0.29, 0.717) is 50.3 Å². The Morgan fingerprint density at radius 1 is 0.380 bits per heavy atom. The molecule has 0 spiro atoms. The molecule has 108 heavy (non-hydrogen) atoms. The Morgan fingerprint density at radius 3 is 1.06 bits per heavy atom. The number of nitrogens with one attached hydrogen (secondary N) is 1. The predicted molar refractivity (Wildman–Crippen MR) is 401 cm³/mol. The van der Waals surface area contributed by atoms with Crippen LogP contribution in [0, 0.1) is 0 Å². The van der Waals surface area contributed by atoms with E-state index in [2.05, 4.69) is 10.3 Å². The monoisotopic (exact) mass is 1520 g/mol. The van der Waals surface area contributed by atoms with E-state index in [0.717, 1.165) is 11.1 Å². The quantitative estimate of drug-likeness (QED) is 0.0350. The van der Waals surface area contributed by atoms with Gasteiger partial charge >= 0.3 is 29.5 Å². The van der Waals surface area contributed by atoms with Crippen LogP contribution in [-0.4, -0.2) is 95.9 Å². The van der Waals surface area contributed by atoms with Crippen molar-refractivity contribution < 1.29 is 87.6 Å². The number of anilines is 1. The lowest BCUT2D eigenvalue weighted by atomic mass is 9.98. The molecule has 27 heteroatoms. The lowest BCUT2D eigenvalue weighted by Crippen LogP contribution is -2.62. The minimum atomic E-state index is -5.05. The first-order valence-corrected chi connectivity index (χ1v) is 39.6. The highest BCUT2D eigenvalue weighted by Gasteiger charge is 2.59. The highest BCUT2D eigenvalue weighted by Crippen LogP contribution is 2.60. The van der Waals surface area contributed by atoms with Crippen molar-refractivity contribution in [3.05, 3.63) is 329 Å². The number of hydrogen-bond donors (Lipinski definition) is 1. The van der Waals surface area contributed by atoms with Gasteiger partial charge in [0.2, 0.25) is 0 Å². The Labute approximate surface area is 627 Å². The van der Waals surface area contributed by atoms with Crippen molar-refractivity contribution in [1.29, 1.82) is 0 Å². The van der Waals surface area contributed by atoms with Gasteiger partial charge in [-0.3, -0.25) is 45.3 Å². The number of imidazole rings is 1. The van der Waals surface area contributed by atoms with Crippen LogP contribution in [0.2, 0.25) is 0 Å². The van der Waals surface area contributed by atoms with Gasteiger partial charge in [0, 0.05) is 7.05 Å². The summed E-state index contributed by atoms with van der Waals surface area (Å²) >= 11 is 0. The smallest absolute Gasteiger partial charge is 0.467 e. The molecule has 1 N–H and O–H groups in total. The third kappa shape index (κ3) is 21.6. The zero-order valence-electron chi connectivity index (χ0n) is 59.4. The maximum atomic E-state index is 16.6. The summed E-state index contributed by atoms with van der Waals surface area (Å²) in [5.41, 5.74) is 6.51. The second-order valence-electron chi connectivity index (χ2n) is 25.2. The number of rotatable bonds is 40. The van der Waals surface area contributed by atoms with Gasteiger partial charge in [-0.15, -0.1) is 0 Å². The van der Waals surface area contributed by atoms with E-state index in [1.165, 1.54) is 13.4 Å². The Bertz CT molecular complexity index is 4520. The van der Waals surface area contributed by atoms with E-state index in [9.17, 15) is 0 Å². The summed E-state index contributed by atoms with van der Waals surface area (Å²) in [5, 5.41) is 3.09. The van der Waals surface area contributed by atoms with Crippen LogP contribution in [0.3, 0.4) is 0 Å². The molecule has 562 valence electrons. The van der Waals surface area contributed by atoms with Crippen molar-refractivity contribution in [2.24, 2.45) is 0 Å². The molecule has 2 aliphatic rings. The molecule has 9 aromatic carbocycles. The van der Waals surface area contributed by atoms with Gasteiger partial charge in [-0.05, 0) is 50.1 Å². The first kappa shape index (κ1) is 77.4. The predicted octanol–water partition coefficient (Wildman–Crippen LogP) is 16.7. The molecule has 0 amide bonds. The van der Waals surface area contributed by atoms with Crippen molar-refractivity contribution in [2.75, 3.05) is 32.7 Å². The Kier molecular flexibility index (Phi) is 27.6. The van der Waals surface area contributed by atoms with Crippen LogP contribution < -0.4 is 10.1 Å². The summed E-state index contributed by atoms with van der Waals surface area (Å²) in [6.45, 7) is -2.35. The third-order valence-electron chi connectivity index (χ3n) is 17.5. The molecular weight excluding hydrogens is 1440 g/mol. The zero-order chi connectivity index (χ0) is 74.2. The molecule has 2 aromatic heterocycles. The van der Waals surface area contributed by atoms with Crippen molar-refractivity contribution in [3.8, 4) is 6.01 Å². The van der Waals surface area contributed by atoms with Crippen LogP contribution in [0.4, 0.5) is 5.82 Å². The lowest BCUT2D eigenvalue weighted by Gasteiger charge is -2.47. The fraction of sp³-hybridized carbons (Fsp3) is 0.272. The molecule has 0 bridgehead atoms. The molecule has 0 unspecified atom stereocenters. The maximum absolute atomic E-state index is 16.6. The number of phosphoric ester groups is 3. The second kappa shape index (κ2) is 38.5. The minimum Gasteiger partial charge on any atom is -0.467 e. The van der Waals surface area contributed by atoms with Crippen molar-refractivity contribution in [1.82, 2.24) is 19.5 Å². The fourth-order valence-electron chi connectivity index (χ4n) is 12.0. The van der Waals surface area contributed by atoms with Gasteiger partial charge < -0.3 is 38.5 Å². The molecule has 0 radical (unpaired) electrons. The summed E-state index contributed by atoms with van der Waals surface area (Å²) in [6, 6.07) is 82.6. The van der Waals surface area contributed by atoms with Crippen molar-refractivity contribution in [3.63, 3.8) is 0 Å². The van der Waals surface area contributed by atoms with Crippen LogP contribution in [0.25, 0.3) is 11.2 Å². The highest BCUT2D eigenvalue weighted by molar-refractivity contribution is 7.49. The first-order valence-electron chi connectivity index (χ1n) is 35.2. The van der Waals surface area contributed by atoms with E-state index < -0.39 is 78.7 Å². The maximum Gasteiger partial charge on any atom is 0.475 e. The third-order valence-corrected chi connectivity index (χ3v) is 21.7.